The minimum Gasteiger partial charge on any atom is -0.355 e. The van der Waals surface area contributed by atoms with E-state index >= 15 is 0 Å². The summed E-state index contributed by atoms with van der Waals surface area (Å²) in [4.78, 5) is 28.2. The number of hydrogen-bond acceptors (Lipinski definition) is 4. The lowest BCUT2D eigenvalue weighted by Crippen LogP contribution is -2.52. The molecule has 0 aromatic heterocycles. The molecule has 7 nitrogen and oxygen atoms in total. The van der Waals surface area contributed by atoms with Crippen molar-refractivity contribution in [2.75, 3.05) is 17.4 Å². The van der Waals surface area contributed by atoms with Crippen LogP contribution in [0.4, 0.5) is 5.69 Å². The molecule has 202 valence electrons. The van der Waals surface area contributed by atoms with Gasteiger partial charge in [0.25, 0.3) is 10.0 Å². The molecule has 2 amide bonds. The summed E-state index contributed by atoms with van der Waals surface area (Å²) < 4.78 is 28.5. The van der Waals surface area contributed by atoms with Crippen molar-refractivity contribution in [3.8, 4) is 0 Å². The van der Waals surface area contributed by atoms with Crippen molar-refractivity contribution in [1.29, 1.82) is 0 Å². The maximum absolute atomic E-state index is 13.9. The lowest BCUT2D eigenvalue weighted by molar-refractivity contribution is -0.140. The highest BCUT2D eigenvalue weighted by atomic mass is 35.5. The first kappa shape index (κ1) is 29.8. The van der Waals surface area contributed by atoms with E-state index in [1.165, 1.54) is 35.2 Å². The van der Waals surface area contributed by atoms with Crippen molar-refractivity contribution in [1.82, 2.24) is 10.2 Å². The molecule has 0 heterocycles. The van der Waals surface area contributed by atoms with E-state index in [0.29, 0.717) is 18.0 Å². The summed E-state index contributed by atoms with van der Waals surface area (Å²) in [6.07, 6.45) is 0.314. The third kappa shape index (κ3) is 7.20. The van der Waals surface area contributed by atoms with Crippen molar-refractivity contribution in [2.45, 2.75) is 37.8 Å². The van der Waals surface area contributed by atoms with Crippen LogP contribution < -0.4 is 9.62 Å². The second kappa shape index (κ2) is 13.3. The quantitative estimate of drug-likeness (QED) is 0.304. The number of halogens is 3. The number of nitrogens with zero attached hydrogens (tertiary/aromatic N) is 2. The van der Waals surface area contributed by atoms with Gasteiger partial charge in [0, 0.05) is 23.1 Å². The van der Waals surface area contributed by atoms with Crippen LogP contribution >= 0.6 is 34.8 Å². The standard InChI is InChI=1S/C27H28Cl3N3O4S/c1-3-24(27(35)31-4-2)32(17-19-10-12-20(28)13-11-19)26(34)18-33(25-16-21(29)14-15-23(25)30)38(36,37)22-8-6-5-7-9-22/h5-16,24H,3-4,17-18H2,1-2H3,(H,31,35). The Morgan fingerprint density at radius 1 is 0.895 bits per heavy atom. The highest BCUT2D eigenvalue weighted by Gasteiger charge is 2.34. The molecule has 0 aliphatic heterocycles. The van der Waals surface area contributed by atoms with Crippen LogP contribution in [0.3, 0.4) is 0 Å². The normalized spacial score (nSPS) is 12.0. The Morgan fingerprint density at radius 3 is 2.13 bits per heavy atom. The Kier molecular flexibility index (Phi) is 10.4. The molecule has 0 spiro atoms. The van der Waals surface area contributed by atoms with Crippen LogP contribution in [0.1, 0.15) is 25.8 Å². The summed E-state index contributed by atoms with van der Waals surface area (Å²) in [7, 11) is -4.24. The lowest BCUT2D eigenvalue weighted by atomic mass is 10.1. The first-order valence-electron chi connectivity index (χ1n) is 11.9. The van der Waals surface area contributed by atoms with Crippen LogP contribution in [0.2, 0.25) is 15.1 Å². The molecule has 1 atom stereocenters. The van der Waals surface area contributed by atoms with Crippen LogP contribution in [0.15, 0.2) is 77.7 Å². The zero-order valence-corrected chi connectivity index (χ0v) is 24.0. The molecule has 1 unspecified atom stereocenters. The van der Waals surface area contributed by atoms with E-state index in [1.807, 2.05) is 0 Å². The van der Waals surface area contributed by atoms with Gasteiger partial charge in [-0.25, -0.2) is 8.42 Å². The highest BCUT2D eigenvalue weighted by molar-refractivity contribution is 7.92. The SMILES string of the molecule is CCNC(=O)C(CC)N(Cc1ccc(Cl)cc1)C(=O)CN(c1cc(Cl)ccc1Cl)S(=O)(=O)c1ccccc1. The predicted molar refractivity (Wildman–Crippen MR) is 152 cm³/mol. The topological polar surface area (TPSA) is 86.8 Å². The van der Waals surface area contributed by atoms with Gasteiger partial charge in [-0.1, -0.05) is 72.1 Å². The van der Waals surface area contributed by atoms with Crippen molar-refractivity contribution in [2.24, 2.45) is 0 Å². The number of carbonyl (C=O) groups is 2. The van der Waals surface area contributed by atoms with Crippen LogP contribution in [-0.4, -0.2) is 44.3 Å². The summed E-state index contributed by atoms with van der Waals surface area (Å²) in [5.74, 6) is -0.927. The van der Waals surface area contributed by atoms with Crippen molar-refractivity contribution in [3.63, 3.8) is 0 Å². The molecule has 0 saturated heterocycles. The van der Waals surface area contributed by atoms with Crippen LogP contribution in [0.25, 0.3) is 0 Å². The number of sulfonamides is 1. The number of rotatable bonds is 11. The largest absolute Gasteiger partial charge is 0.355 e. The van der Waals surface area contributed by atoms with Gasteiger partial charge in [-0.05, 0) is 61.4 Å². The number of benzene rings is 3. The molecule has 3 rings (SSSR count). The van der Waals surface area contributed by atoms with Gasteiger partial charge in [-0.3, -0.25) is 13.9 Å². The maximum atomic E-state index is 13.9. The third-order valence-electron chi connectivity index (χ3n) is 5.79. The first-order chi connectivity index (χ1) is 18.1. The van der Waals surface area contributed by atoms with E-state index in [1.54, 1.807) is 56.3 Å². The molecule has 11 heteroatoms. The molecule has 0 radical (unpaired) electrons. The van der Waals surface area contributed by atoms with Crippen molar-refractivity contribution in [3.05, 3.63) is 93.4 Å². The number of carbonyl (C=O) groups excluding carboxylic acids is 2. The van der Waals surface area contributed by atoms with Gasteiger partial charge >= 0.3 is 0 Å². The summed E-state index contributed by atoms with van der Waals surface area (Å²) in [6, 6.07) is 18.1. The fraction of sp³-hybridized carbons (Fsp3) is 0.259. The fourth-order valence-electron chi connectivity index (χ4n) is 3.91. The molecule has 0 saturated carbocycles. The predicted octanol–water partition coefficient (Wildman–Crippen LogP) is 5.79. The van der Waals surface area contributed by atoms with Gasteiger partial charge in [-0.15, -0.1) is 0 Å². The molecule has 0 fully saturated rings. The Morgan fingerprint density at radius 2 is 1.53 bits per heavy atom. The number of amides is 2. The minimum atomic E-state index is -4.24. The molecule has 0 aliphatic rings. The number of hydrogen-bond donors (Lipinski definition) is 1. The zero-order chi connectivity index (χ0) is 27.9. The van der Waals surface area contributed by atoms with E-state index in [-0.39, 0.29) is 33.1 Å². The molecular formula is C27H28Cl3N3O4S. The Labute approximate surface area is 238 Å². The second-order valence-corrected chi connectivity index (χ2v) is 11.5. The van der Waals surface area contributed by atoms with Gasteiger partial charge in [0.15, 0.2) is 0 Å². The fourth-order valence-corrected chi connectivity index (χ4v) is 5.92. The number of likely N-dealkylation sites (N-methyl/N-ethyl adjacent to an activating group) is 1. The zero-order valence-electron chi connectivity index (χ0n) is 20.9. The molecule has 38 heavy (non-hydrogen) atoms. The monoisotopic (exact) mass is 595 g/mol. The average molecular weight is 597 g/mol. The first-order valence-corrected chi connectivity index (χ1v) is 14.5. The van der Waals surface area contributed by atoms with Crippen LogP contribution in [0, 0.1) is 0 Å². The smallest absolute Gasteiger partial charge is 0.264 e. The van der Waals surface area contributed by atoms with E-state index in [0.717, 1.165) is 9.87 Å². The highest BCUT2D eigenvalue weighted by Crippen LogP contribution is 2.33. The van der Waals surface area contributed by atoms with E-state index < -0.39 is 28.5 Å². The third-order valence-corrected chi connectivity index (χ3v) is 8.37. The van der Waals surface area contributed by atoms with E-state index in [4.69, 9.17) is 34.8 Å². The number of anilines is 1. The second-order valence-electron chi connectivity index (χ2n) is 8.39. The van der Waals surface area contributed by atoms with Gasteiger partial charge < -0.3 is 10.2 Å². The van der Waals surface area contributed by atoms with Gasteiger partial charge in [-0.2, -0.15) is 0 Å². The average Bonchev–Trinajstić information content (AvgIpc) is 2.90. The van der Waals surface area contributed by atoms with Crippen molar-refractivity contribution < 1.29 is 18.0 Å². The maximum Gasteiger partial charge on any atom is 0.264 e. The van der Waals surface area contributed by atoms with E-state index in [9.17, 15) is 18.0 Å². The summed E-state index contributed by atoms with van der Waals surface area (Å²) in [5, 5.41) is 3.63. The Balaban J connectivity index is 2.08. The van der Waals surface area contributed by atoms with Crippen LogP contribution in [-0.2, 0) is 26.2 Å². The molecule has 0 bridgehead atoms. The molecule has 3 aromatic carbocycles. The minimum absolute atomic E-state index is 0.0242. The Hall–Kier alpha value is -2.78. The van der Waals surface area contributed by atoms with Crippen molar-refractivity contribution >= 4 is 62.3 Å². The molecule has 1 N–H and O–H groups in total. The van der Waals surface area contributed by atoms with Gasteiger partial charge in [0.05, 0.1) is 15.6 Å². The van der Waals surface area contributed by atoms with Crippen LogP contribution in [0.5, 0.6) is 0 Å². The molecule has 3 aromatic rings. The van der Waals surface area contributed by atoms with E-state index in [2.05, 4.69) is 5.32 Å². The summed E-state index contributed by atoms with van der Waals surface area (Å²) in [6.45, 7) is 3.40. The van der Waals surface area contributed by atoms with Gasteiger partial charge in [0.1, 0.15) is 12.6 Å². The Bertz CT molecular complexity index is 1370. The summed E-state index contributed by atoms with van der Waals surface area (Å²) >= 11 is 18.6. The molecule has 0 aliphatic carbocycles. The summed E-state index contributed by atoms with van der Waals surface area (Å²) in [5.41, 5.74) is 0.776. The van der Waals surface area contributed by atoms with Gasteiger partial charge in [0.2, 0.25) is 11.8 Å². The lowest BCUT2D eigenvalue weighted by Gasteiger charge is -2.33. The molecular weight excluding hydrogens is 569 g/mol. The number of nitrogens with one attached hydrogen (secondary N) is 1.